The molecule has 1 aromatic rings. The van der Waals surface area contributed by atoms with Gasteiger partial charge in [-0.1, -0.05) is 0 Å². The van der Waals surface area contributed by atoms with Crippen LogP contribution in [0.1, 0.15) is 45.1 Å². The molecule has 114 valence electrons. The van der Waals surface area contributed by atoms with E-state index in [0.29, 0.717) is 0 Å². The fraction of sp³-hybridized carbons (Fsp3) is 0.714. The van der Waals surface area contributed by atoms with Crippen LogP contribution < -0.4 is 10.6 Å². The van der Waals surface area contributed by atoms with Crippen molar-refractivity contribution in [1.82, 2.24) is 20.2 Å². The van der Waals surface area contributed by atoms with Gasteiger partial charge in [0.05, 0.1) is 12.2 Å². The lowest BCUT2D eigenvalue weighted by Crippen LogP contribution is -2.47. The van der Waals surface area contributed by atoms with E-state index in [9.17, 15) is 0 Å². The molecule has 0 atom stereocenters. The Morgan fingerprint density at radius 2 is 2.15 bits per heavy atom. The number of nitrogens with one attached hydrogen (secondary N) is 2. The van der Waals surface area contributed by atoms with Crippen molar-refractivity contribution in [3.05, 3.63) is 17.7 Å². The molecule has 0 amide bonds. The van der Waals surface area contributed by atoms with E-state index in [0.717, 1.165) is 31.2 Å². The molecule has 0 spiro atoms. The molecule has 0 fully saturated rings. The molecule has 0 aliphatic carbocycles. The SMILES string of the molecule is CN=C(NCc1cn2c(n1)CCCC2)NC(C)(C)C.I. The zero-order chi connectivity index (χ0) is 13.9. The van der Waals surface area contributed by atoms with Crippen molar-refractivity contribution in [3.63, 3.8) is 0 Å². The zero-order valence-corrected chi connectivity index (χ0v) is 15.2. The summed E-state index contributed by atoms with van der Waals surface area (Å²) < 4.78 is 2.28. The molecule has 5 nitrogen and oxygen atoms in total. The molecule has 1 aliphatic heterocycles. The second-order valence-corrected chi connectivity index (χ2v) is 6.10. The summed E-state index contributed by atoms with van der Waals surface area (Å²) in [6.45, 7) is 8.19. The minimum absolute atomic E-state index is 0. The number of aromatic nitrogens is 2. The summed E-state index contributed by atoms with van der Waals surface area (Å²) in [7, 11) is 1.79. The van der Waals surface area contributed by atoms with Crippen LogP contribution in [-0.4, -0.2) is 28.1 Å². The monoisotopic (exact) mass is 391 g/mol. The lowest BCUT2D eigenvalue weighted by molar-refractivity contribution is 0.501. The maximum Gasteiger partial charge on any atom is 0.191 e. The van der Waals surface area contributed by atoms with Gasteiger partial charge < -0.3 is 15.2 Å². The number of aliphatic imine (C=N–C) groups is 1. The Morgan fingerprint density at radius 1 is 1.40 bits per heavy atom. The summed E-state index contributed by atoms with van der Waals surface area (Å²) in [5.74, 6) is 2.04. The van der Waals surface area contributed by atoms with Gasteiger partial charge in [0.1, 0.15) is 5.82 Å². The maximum atomic E-state index is 4.67. The first-order valence-electron chi connectivity index (χ1n) is 7.02. The van der Waals surface area contributed by atoms with Crippen molar-refractivity contribution in [2.45, 2.75) is 58.7 Å². The molecule has 0 saturated heterocycles. The highest BCUT2D eigenvalue weighted by molar-refractivity contribution is 14.0. The van der Waals surface area contributed by atoms with Crippen molar-refractivity contribution >= 4 is 29.9 Å². The highest BCUT2D eigenvalue weighted by atomic mass is 127. The Morgan fingerprint density at radius 3 is 2.75 bits per heavy atom. The minimum Gasteiger partial charge on any atom is -0.352 e. The summed E-state index contributed by atoms with van der Waals surface area (Å²) >= 11 is 0. The van der Waals surface area contributed by atoms with Gasteiger partial charge in [-0.25, -0.2) is 4.98 Å². The van der Waals surface area contributed by atoms with Crippen LogP contribution in [0.25, 0.3) is 0 Å². The van der Waals surface area contributed by atoms with Crippen molar-refractivity contribution in [2.75, 3.05) is 7.05 Å². The molecule has 20 heavy (non-hydrogen) atoms. The average Bonchev–Trinajstić information content (AvgIpc) is 2.75. The minimum atomic E-state index is 0. The van der Waals surface area contributed by atoms with Gasteiger partial charge >= 0.3 is 0 Å². The number of hydrogen-bond acceptors (Lipinski definition) is 2. The molecule has 2 N–H and O–H groups in total. The van der Waals surface area contributed by atoms with E-state index >= 15 is 0 Å². The van der Waals surface area contributed by atoms with E-state index < -0.39 is 0 Å². The van der Waals surface area contributed by atoms with E-state index in [1.807, 2.05) is 0 Å². The lowest BCUT2D eigenvalue weighted by atomic mass is 10.1. The van der Waals surface area contributed by atoms with Crippen LogP contribution in [0.4, 0.5) is 0 Å². The zero-order valence-electron chi connectivity index (χ0n) is 12.9. The first-order valence-corrected chi connectivity index (χ1v) is 7.02. The highest BCUT2D eigenvalue weighted by Crippen LogP contribution is 2.14. The topological polar surface area (TPSA) is 54.2 Å². The summed E-state index contributed by atoms with van der Waals surface area (Å²) in [5, 5.41) is 6.66. The Balaban J connectivity index is 0.00000200. The van der Waals surface area contributed by atoms with Crippen LogP contribution in [-0.2, 0) is 19.5 Å². The average molecular weight is 391 g/mol. The third-order valence-corrected chi connectivity index (χ3v) is 3.11. The second kappa shape index (κ2) is 7.28. The summed E-state index contributed by atoms with van der Waals surface area (Å²) in [6.07, 6.45) is 5.79. The van der Waals surface area contributed by atoms with Gasteiger partial charge in [0.25, 0.3) is 0 Å². The van der Waals surface area contributed by atoms with E-state index in [2.05, 4.69) is 52.1 Å². The predicted molar refractivity (Wildman–Crippen MR) is 93.7 cm³/mol. The number of hydrogen-bond donors (Lipinski definition) is 2. The molecule has 1 aromatic heterocycles. The molecule has 0 saturated carbocycles. The maximum absolute atomic E-state index is 4.67. The molecule has 2 rings (SSSR count). The van der Waals surface area contributed by atoms with E-state index in [1.165, 1.54) is 18.7 Å². The number of rotatable bonds is 2. The van der Waals surface area contributed by atoms with Gasteiger partial charge in [0.15, 0.2) is 5.96 Å². The van der Waals surface area contributed by atoms with Crippen LogP contribution in [0.3, 0.4) is 0 Å². The first kappa shape index (κ1) is 17.3. The van der Waals surface area contributed by atoms with Gasteiger partial charge in [-0.15, -0.1) is 24.0 Å². The van der Waals surface area contributed by atoms with Gasteiger partial charge in [0, 0.05) is 31.7 Å². The third-order valence-electron chi connectivity index (χ3n) is 3.11. The molecule has 6 heteroatoms. The molecule has 1 aliphatic rings. The smallest absolute Gasteiger partial charge is 0.191 e. The van der Waals surface area contributed by atoms with Crippen LogP contribution in [0.2, 0.25) is 0 Å². The van der Waals surface area contributed by atoms with Gasteiger partial charge in [-0.2, -0.15) is 0 Å². The van der Waals surface area contributed by atoms with E-state index in [1.54, 1.807) is 7.05 Å². The molecular weight excluding hydrogens is 365 g/mol. The molecule has 0 unspecified atom stereocenters. The quantitative estimate of drug-likeness (QED) is 0.462. The van der Waals surface area contributed by atoms with Crippen LogP contribution in [0.5, 0.6) is 0 Å². The van der Waals surface area contributed by atoms with Crippen molar-refractivity contribution < 1.29 is 0 Å². The largest absolute Gasteiger partial charge is 0.352 e. The fourth-order valence-corrected chi connectivity index (χ4v) is 2.27. The van der Waals surface area contributed by atoms with Crippen LogP contribution >= 0.6 is 24.0 Å². The van der Waals surface area contributed by atoms with Gasteiger partial charge in [-0.05, 0) is 33.6 Å². The van der Waals surface area contributed by atoms with E-state index in [4.69, 9.17) is 0 Å². The van der Waals surface area contributed by atoms with Crippen molar-refractivity contribution in [3.8, 4) is 0 Å². The lowest BCUT2D eigenvalue weighted by Gasteiger charge is -2.23. The number of aryl methyl sites for hydroxylation is 2. The normalized spacial score (nSPS) is 15.3. The summed E-state index contributed by atoms with van der Waals surface area (Å²) in [5.41, 5.74) is 1.10. The highest BCUT2D eigenvalue weighted by Gasteiger charge is 2.14. The number of nitrogens with zero attached hydrogens (tertiary/aromatic N) is 3. The summed E-state index contributed by atoms with van der Waals surface area (Å²) in [6, 6.07) is 0. The Kier molecular flexibility index (Phi) is 6.29. The molecule has 0 aromatic carbocycles. The molecular formula is C14H26IN5. The molecule has 0 radical (unpaired) electrons. The number of guanidine groups is 1. The Hall–Kier alpha value is -0.790. The Labute approximate surface area is 138 Å². The Bertz CT molecular complexity index is 435. The second-order valence-electron chi connectivity index (χ2n) is 6.10. The third kappa shape index (κ3) is 4.96. The molecule has 0 bridgehead atoms. The van der Waals surface area contributed by atoms with Gasteiger partial charge in [-0.3, -0.25) is 4.99 Å². The molecule has 2 heterocycles. The van der Waals surface area contributed by atoms with Crippen molar-refractivity contribution in [1.29, 1.82) is 0 Å². The van der Waals surface area contributed by atoms with Gasteiger partial charge in [0.2, 0.25) is 0 Å². The van der Waals surface area contributed by atoms with Crippen LogP contribution in [0, 0.1) is 0 Å². The summed E-state index contributed by atoms with van der Waals surface area (Å²) in [4.78, 5) is 8.90. The van der Waals surface area contributed by atoms with E-state index in [-0.39, 0.29) is 29.5 Å². The standard InChI is InChI=1S/C14H25N5.HI/c1-14(2,3)18-13(15-4)16-9-11-10-19-8-6-5-7-12(19)17-11;/h10H,5-9H2,1-4H3,(H2,15,16,18);1H. The first-order chi connectivity index (χ1) is 8.98. The fourth-order valence-electron chi connectivity index (χ4n) is 2.27. The number of imidazole rings is 1. The van der Waals surface area contributed by atoms with Crippen molar-refractivity contribution in [2.24, 2.45) is 4.99 Å². The number of halogens is 1. The predicted octanol–water partition coefficient (Wildman–Crippen LogP) is 2.30. The number of fused-ring (bicyclic) bond motifs is 1. The van der Waals surface area contributed by atoms with Crippen LogP contribution in [0.15, 0.2) is 11.2 Å².